The molecule has 2 rings (SSSR count). The molecular formula is C14H20N2O4S. The van der Waals surface area contributed by atoms with Crippen molar-refractivity contribution in [1.29, 1.82) is 0 Å². The Balaban J connectivity index is 2.18. The van der Waals surface area contributed by atoms with Gasteiger partial charge in [-0.1, -0.05) is 19.9 Å². The Morgan fingerprint density at radius 3 is 2.71 bits per heavy atom. The predicted octanol–water partition coefficient (Wildman–Crippen LogP) is 1.23. The van der Waals surface area contributed by atoms with Crippen molar-refractivity contribution in [2.24, 2.45) is 5.92 Å². The molecule has 0 atom stereocenters. The Morgan fingerprint density at radius 1 is 1.38 bits per heavy atom. The zero-order chi connectivity index (χ0) is 15.6. The summed E-state index contributed by atoms with van der Waals surface area (Å²) in [6.45, 7) is 4.89. The van der Waals surface area contributed by atoms with Gasteiger partial charge in [0.15, 0.2) is 0 Å². The van der Waals surface area contributed by atoms with Gasteiger partial charge in [0.25, 0.3) is 10.2 Å². The summed E-state index contributed by atoms with van der Waals surface area (Å²) in [5, 5.41) is 9.01. The molecular weight excluding hydrogens is 292 g/mol. The van der Waals surface area contributed by atoms with Crippen LogP contribution in [0.5, 0.6) is 0 Å². The van der Waals surface area contributed by atoms with Gasteiger partial charge in [-0.3, -0.25) is 0 Å². The average Bonchev–Trinajstić information content (AvgIpc) is 2.44. The van der Waals surface area contributed by atoms with E-state index in [0.29, 0.717) is 19.5 Å². The monoisotopic (exact) mass is 312 g/mol. The fourth-order valence-electron chi connectivity index (χ4n) is 2.23. The number of carbonyl (C=O) groups is 1. The molecule has 0 unspecified atom stereocenters. The first-order chi connectivity index (χ1) is 9.79. The van der Waals surface area contributed by atoms with Gasteiger partial charge >= 0.3 is 5.97 Å². The van der Waals surface area contributed by atoms with E-state index in [9.17, 15) is 13.2 Å². The van der Waals surface area contributed by atoms with Crippen LogP contribution in [-0.2, 0) is 23.2 Å². The van der Waals surface area contributed by atoms with Crippen molar-refractivity contribution in [2.45, 2.75) is 26.8 Å². The highest BCUT2D eigenvalue weighted by atomic mass is 32.2. The fourth-order valence-corrected chi connectivity index (χ4v) is 3.60. The highest BCUT2D eigenvalue weighted by Gasteiger charge is 2.26. The number of aromatic carboxylic acids is 1. The third kappa shape index (κ3) is 3.81. The second-order valence-corrected chi connectivity index (χ2v) is 7.37. The number of carboxylic acid groups (broad SMARTS) is 1. The van der Waals surface area contributed by atoms with E-state index in [1.807, 2.05) is 13.8 Å². The molecule has 2 N–H and O–H groups in total. The normalized spacial score (nSPS) is 16.0. The minimum atomic E-state index is -3.52. The number of fused-ring (bicyclic) bond motifs is 1. The SMILES string of the molecule is CC(C)CNS(=O)(=O)N1CCc2ccc(C(=O)O)cc2C1. The number of nitrogens with zero attached hydrogens (tertiary/aromatic N) is 1. The quantitative estimate of drug-likeness (QED) is 0.856. The number of nitrogens with one attached hydrogen (secondary N) is 1. The molecule has 0 saturated carbocycles. The zero-order valence-electron chi connectivity index (χ0n) is 12.2. The van der Waals surface area contributed by atoms with E-state index in [4.69, 9.17) is 5.11 Å². The summed E-state index contributed by atoms with van der Waals surface area (Å²) in [5.41, 5.74) is 1.95. The summed E-state index contributed by atoms with van der Waals surface area (Å²) >= 11 is 0. The van der Waals surface area contributed by atoms with Crippen LogP contribution in [0.1, 0.15) is 35.3 Å². The second kappa shape index (κ2) is 6.13. The molecule has 0 aliphatic carbocycles. The van der Waals surface area contributed by atoms with Crippen LogP contribution in [0.15, 0.2) is 18.2 Å². The van der Waals surface area contributed by atoms with Gasteiger partial charge in [0.1, 0.15) is 0 Å². The second-order valence-electron chi connectivity index (χ2n) is 5.62. The molecule has 0 radical (unpaired) electrons. The first-order valence-corrected chi connectivity index (χ1v) is 8.33. The number of hydrogen-bond donors (Lipinski definition) is 2. The van der Waals surface area contributed by atoms with Crippen LogP contribution < -0.4 is 4.72 Å². The van der Waals surface area contributed by atoms with Crippen molar-refractivity contribution in [2.75, 3.05) is 13.1 Å². The Hall–Kier alpha value is -1.44. The van der Waals surface area contributed by atoms with Crippen molar-refractivity contribution in [1.82, 2.24) is 9.03 Å². The third-order valence-electron chi connectivity index (χ3n) is 3.44. The van der Waals surface area contributed by atoms with Gasteiger partial charge in [-0.15, -0.1) is 0 Å². The summed E-state index contributed by atoms with van der Waals surface area (Å²) in [7, 11) is -3.52. The highest BCUT2D eigenvalue weighted by Crippen LogP contribution is 2.22. The first kappa shape index (κ1) is 15.9. The van der Waals surface area contributed by atoms with Crippen LogP contribution in [-0.4, -0.2) is 36.9 Å². The van der Waals surface area contributed by atoms with E-state index < -0.39 is 16.2 Å². The van der Waals surface area contributed by atoms with E-state index in [1.54, 1.807) is 18.2 Å². The molecule has 0 bridgehead atoms. The summed E-state index contributed by atoms with van der Waals surface area (Å²) in [4.78, 5) is 11.0. The number of hydrogen-bond acceptors (Lipinski definition) is 3. The van der Waals surface area contributed by atoms with Gasteiger partial charge in [0.2, 0.25) is 0 Å². The summed E-state index contributed by atoms with van der Waals surface area (Å²) < 4.78 is 28.4. The molecule has 116 valence electrons. The zero-order valence-corrected chi connectivity index (χ0v) is 13.0. The van der Waals surface area contributed by atoms with E-state index in [-0.39, 0.29) is 18.0 Å². The van der Waals surface area contributed by atoms with Crippen molar-refractivity contribution in [3.63, 3.8) is 0 Å². The molecule has 0 amide bonds. The summed E-state index contributed by atoms with van der Waals surface area (Å²) in [6, 6.07) is 4.88. The molecule has 1 heterocycles. The Bertz CT molecular complexity index is 640. The van der Waals surface area contributed by atoms with Crippen LogP contribution >= 0.6 is 0 Å². The number of benzene rings is 1. The molecule has 0 saturated heterocycles. The number of rotatable bonds is 5. The van der Waals surface area contributed by atoms with Crippen LogP contribution in [0.3, 0.4) is 0 Å². The third-order valence-corrected chi connectivity index (χ3v) is 4.97. The number of carboxylic acids is 1. The molecule has 7 heteroatoms. The maximum Gasteiger partial charge on any atom is 0.335 e. The fraction of sp³-hybridized carbons (Fsp3) is 0.500. The summed E-state index contributed by atoms with van der Waals surface area (Å²) in [5.74, 6) is -0.772. The summed E-state index contributed by atoms with van der Waals surface area (Å²) in [6.07, 6.45) is 0.595. The average molecular weight is 312 g/mol. The largest absolute Gasteiger partial charge is 0.478 e. The minimum absolute atomic E-state index is 0.183. The predicted molar refractivity (Wildman–Crippen MR) is 79.3 cm³/mol. The lowest BCUT2D eigenvalue weighted by molar-refractivity contribution is 0.0696. The molecule has 1 aromatic rings. The van der Waals surface area contributed by atoms with Gasteiger partial charge in [0.05, 0.1) is 5.56 Å². The highest BCUT2D eigenvalue weighted by molar-refractivity contribution is 7.87. The van der Waals surface area contributed by atoms with Crippen molar-refractivity contribution < 1.29 is 18.3 Å². The van der Waals surface area contributed by atoms with E-state index >= 15 is 0 Å². The van der Waals surface area contributed by atoms with Gasteiger partial charge in [0, 0.05) is 19.6 Å². The van der Waals surface area contributed by atoms with Crippen molar-refractivity contribution in [3.8, 4) is 0 Å². The van der Waals surface area contributed by atoms with Crippen LogP contribution in [0.25, 0.3) is 0 Å². The first-order valence-electron chi connectivity index (χ1n) is 6.89. The molecule has 1 aromatic carbocycles. The molecule has 1 aliphatic heterocycles. The van der Waals surface area contributed by atoms with Gasteiger partial charge < -0.3 is 5.11 Å². The molecule has 1 aliphatic rings. The smallest absolute Gasteiger partial charge is 0.335 e. The Morgan fingerprint density at radius 2 is 2.10 bits per heavy atom. The van der Waals surface area contributed by atoms with E-state index in [1.165, 1.54) is 4.31 Å². The Labute approximate surface area is 125 Å². The molecule has 0 fully saturated rings. The topological polar surface area (TPSA) is 86.7 Å². The van der Waals surface area contributed by atoms with E-state index in [0.717, 1.165) is 11.1 Å². The molecule has 0 spiro atoms. The van der Waals surface area contributed by atoms with Crippen LogP contribution in [0, 0.1) is 5.92 Å². The maximum absolute atomic E-state index is 12.2. The van der Waals surface area contributed by atoms with Gasteiger partial charge in [-0.25, -0.2) is 9.52 Å². The Kier molecular flexibility index (Phi) is 4.65. The van der Waals surface area contributed by atoms with E-state index in [2.05, 4.69) is 4.72 Å². The standard InChI is InChI=1S/C14H20N2O4S/c1-10(2)8-15-21(19,20)16-6-5-11-3-4-12(14(17)18)7-13(11)9-16/h3-4,7,10,15H,5-6,8-9H2,1-2H3,(H,17,18). The maximum atomic E-state index is 12.2. The van der Waals surface area contributed by atoms with Crippen LogP contribution in [0.4, 0.5) is 0 Å². The lowest BCUT2D eigenvalue weighted by atomic mass is 9.99. The molecule has 21 heavy (non-hydrogen) atoms. The lowest BCUT2D eigenvalue weighted by Crippen LogP contribution is -2.44. The minimum Gasteiger partial charge on any atom is -0.478 e. The molecule has 0 aromatic heterocycles. The van der Waals surface area contributed by atoms with Crippen molar-refractivity contribution in [3.05, 3.63) is 34.9 Å². The van der Waals surface area contributed by atoms with Gasteiger partial charge in [-0.05, 0) is 35.6 Å². The van der Waals surface area contributed by atoms with Crippen molar-refractivity contribution >= 4 is 16.2 Å². The van der Waals surface area contributed by atoms with Crippen LogP contribution in [0.2, 0.25) is 0 Å². The van der Waals surface area contributed by atoms with Gasteiger partial charge in [-0.2, -0.15) is 12.7 Å². The lowest BCUT2D eigenvalue weighted by Gasteiger charge is -2.28. The molecule has 6 nitrogen and oxygen atoms in total.